The summed E-state index contributed by atoms with van der Waals surface area (Å²) in [5.74, 6) is 0.408. The molecule has 0 aromatic heterocycles. The van der Waals surface area contributed by atoms with E-state index in [-0.39, 0.29) is 5.25 Å². The zero-order chi connectivity index (χ0) is 11.2. The Hall–Kier alpha value is -0.670. The Kier molecular flexibility index (Phi) is 2.41. The Morgan fingerprint density at radius 1 is 1.31 bits per heavy atom. The van der Waals surface area contributed by atoms with Gasteiger partial charge >= 0.3 is 0 Å². The minimum atomic E-state index is -1.04. The molecule has 0 aliphatic heterocycles. The second-order valence-electron chi connectivity index (χ2n) is 4.92. The second kappa shape index (κ2) is 3.67. The molecular formula is C13H16O2S. The fourth-order valence-electron chi connectivity index (χ4n) is 3.13. The molecule has 2 nitrogen and oxygen atoms in total. The van der Waals surface area contributed by atoms with Gasteiger partial charge in [0, 0.05) is 4.90 Å². The average Bonchev–Trinajstić information content (AvgIpc) is 2.59. The Morgan fingerprint density at radius 2 is 2.06 bits per heavy atom. The van der Waals surface area contributed by atoms with E-state index in [1.54, 1.807) is 0 Å². The Labute approximate surface area is 98.1 Å². The van der Waals surface area contributed by atoms with Gasteiger partial charge in [0.05, 0.1) is 21.7 Å². The van der Waals surface area contributed by atoms with Crippen LogP contribution in [0.4, 0.5) is 0 Å². The van der Waals surface area contributed by atoms with Crippen molar-refractivity contribution >= 4 is 10.8 Å². The van der Waals surface area contributed by atoms with E-state index in [9.17, 15) is 9.32 Å². The molecule has 2 saturated carbocycles. The lowest BCUT2D eigenvalue weighted by Crippen LogP contribution is -2.58. The standard InChI is InChI=1S/C13H16O2S/c14-13-8-4-5-10(13)9-12(13)16(15)11-6-2-1-3-7-11/h1-3,6-7,10,12,14H,4-5,8-9H2/t10-,12-,13+,16?/m0/s1. The fraction of sp³-hybridized carbons (Fsp3) is 0.538. The van der Waals surface area contributed by atoms with Crippen molar-refractivity contribution in [3.63, 3.8) is 0 Å². The third-order valence-electron chi connectivity index (χ3n) is 4.13. The minimum absolute atomic E-state index is 0.0394. The first kappa shape index (κ1) is 10.5. The zero-order valence-corrected chi connectivity index (χ0v) is 9.95. The van der Waals surface area contributed by atoms with Crippen LogP contribution >= 0.6 is 0 Å². The number of hydrogen-bond acceptors (Lipinski definition) is 2. The van der Waals surface area contributed by atoms with Crippen molar-refractivity contribution in [2.75, 3.05) is 0 Å². The van der Waals surface area contributed by atoms with Crippen LogP contribution in [0.25, 0.3) is 0 Å². The van der Waals surface area contributed by atoms with Crippen molar-refractivity contribution < 1.29 is 9.32 Å². The molecule has 0 bridgehead atoms. The largest absolute Gasteiger partial charge is 0.388 e. The Morgan fingerprint density at radius 3 is 2.75 bits per heavy atom. The maximum absolute atomic E-state index is 12.3. The molecule has 0 saturated heterocycles. The number of aliphatic hydroxyl groups is 1. The first-order chi connectivity index (χ1) is 7.72. The van der Waals surface area contributed by atoms with Crippen LogP contribution in [0.5, 0.6) is 0 Å². The van der Waals surface area contributed by atoms with E-state index in [1.165, 1.54) is 0 Å². The topological polar surface area (TPSA) is 37.3 Å². The lowest BCUT2D eigenvalue weighted by atomic mass is 9.71. The Bertz CT molecular complexity index is 417. The molecule has 0 heterocycles. The molecule has 0 spiro atoms. The van der Waals surface area contributed by atoms with Crippen LogP contribution in [0.2, 0.25) is 0 Å². The summed E-state index contributed by atoms with van der Waals surface area (Å²) in [7, 11) is -1.04. The van der Waals surface area contributed by atoms with Gasteiger partial charge < -0.3 is 5.11 Å². The van der Waals surface area contributed by atoms with E-state index in [1.807, 2.05) is 30.3 Å². The van der Waals surface area contributed by atoms with E-state index in [2.05, 4.69) is 0 Å². The first-order valence-corrected chi connectivity index (χ1v) is 7.11. The summed E-state index contributed by atoms with van der Waals surface area (Å²) in [6, 6.07) is 9.52. The average molecular weight is 236 g/mol. The summed E-state index contributed by atoms with van der Waals surface area (Å²) >= 11 is 0. The number of benzene rings is 1. The van der Waals surface area contributed by atoms with Crippen LogP contribution in [0, 0.1) is 5.92 Å². The molecule has 1 N–H and O–H groups in total. The summed E-state index contributed by atoms with van der Waals surface area (Å²) in [5.41, 5.74) is -0.624. The highest BCUT2D eigenvalue weighted by Crippen LogP contribution is 2.53. The van der Waals surface area contributed by atoms with E-state index in [0.717, 1.165) is 30.6 Å². The van der Waals surface area contributed by atoms with Crippen molar-refractivity contribution in [2.45, 2.75) is 41.4 Å². The van der Waals surface area contributed by atoms with E-state index in [4.69, 9.17) is 0 Å². The van der Waals surface area contributed by atoms with Crippen LogP contribution in [0.3, 0.4) is 0 Å². The van der Waals surface area contributed by atoms with E-state index in [0.29, 0.717) is 5.92 Å². The van der Waals surface area contributed by atoms with E-state index < -0.39 is 16.4 Å². The highest BCUT2D eigenvalue weighted by molar-refractivity contribution is 7.85. The molecule has 3 rings (SSSR count). The zero-order valence-electron chi connectivity index (χ0n) is 9.13. The van der Waals surface area contributed by atoms with Gasteiger partial charge in [0.25, 0.3) is 0 Å². The molecule has 4 atom stereocenters. The van der Waals surface area contributed by atoms with Crippen LogP contribution in [-0.4, -0.2) is 20.2 Å². The van der Waals surface area contributed by atoms with Gasteiger partial charge in [-0.3, -0.25) is 4.21 Å². The summed E-state index contributed by atoms with van der Waals surface area (Å²) < 4.78 is 12.3. The normalized spacial score (nSPS) is 38.8. The lowest BCUT2D eigenvalue weighted by Gasteiger charge is -2.47. The van der Waals surface area contributed by atoms with Crippen LogP contribution in [0.15, 0.2) is 35.2 Å². The molecule has 16 heavy (non-hydrogen) atoms. The monoisotopic (exact) mass is 236 g/mol. The van der Waals surface area contributed by atoms with Crippen molar-refractivity contribution in [1.29, 1.82) is 0 Å². The molecule has 1 aromatic rings. The molecule has 1 unspecified atom stereocenters. The number of hydrogen-bond donors (Lipinski definition) is 1. The van der Waals surface area contributed by atoms with Gasteiger partial charge in [0.15, 0.2) is 0 Å². The van der Waals surface area contributed by atoms with E-state index >= 15 is 0 Å². The van der Waals surface area contributed by atoms with Crippen molar-refractivity contribution in [2.24, 2.45) is 5.92 Å². The summed E-state index contributed by atoms with van der Waals surface area (Å²) in [5, 5.41) is 10.4. The third kappa shape index (κ3) is 1.38. The molecular weight excluding hydrogens is 220 g/mol. The predicted molar refractivity (Wildman–Crippen MR) is 63.5 cm³/mol. The molecule has 2 aliphatic carbocycles. The van der Waals surface area contributed by atoms with Gasteiger partial charge in [-0.15, -0.1) is 0 Å². The lowest BCUT2D eigenvalue weighted by molar-refractivity contribution is -0.0646. The van der Waals surface area contributed by atoms with Gasteiger partial charge in [-0.25, -0.2) is 0 Å². The Balaban J connectivity index is 1.83. The number of fused-ring (bicyclic) bond motifs is 1. The quantitative estimate of drug-likeness (QED) is 0.854. The van der Waals surface area contributed by atoms with Gasteiger partial charge in [0.2, 0.25) is 0 Å². The van der Waals surface area contributed by atoms with Gasteiger partial charge in [-0.2, -0.15) is 0 Å². The fourth-order valence-corrected chi connectivity index (χ4v) is 4.97. The van der Waals surface area contributed by atoms with Crippen molar-refractivity contribution in [1.82, 2.24) is 0 Å². The molecule has 2 fully saturated rings. The molecule has 0 radical (unpaired) electrons. The van der Waals surface area contributed by atoms with Crippen LogP contribution < -0.4 is 0 Å². The molecule has 86 valence electrons. The first-order valence-electron chi connectivity index (χ1n) is 5.90. The van der Waals surface area contributed by atoms with Gasteiger partial charge in [-0.05, 0) is 37.3 Å². The highest BCUT2D eigenvalue weighted by atomic mass is 32.2. The van der Waals surface area contributed by atoms with Crippen LogP contribution in [-0.2, 0) is 10.8 Å². The predicted octanol–water partition coefficient (Wildman–Crippen LogP) is 2.10. The third-order valence-corrected chi connectivity index (χ3v) is 5.98. The molecule has 2 aliphatic rings. The summed E-state index contributed by atoms with van der Waals surface area (Å²) in [6.07, 6.45) is 3.96. The SMILES string of the molecule is O=S(c1ccccc1)[C@H]1C[C@@H]2CCC[C@@]21O. The number of rotatable bonds is 2. The van der Waals surface area contributed by atoms with Crippen molar-refractivity contribution in [3.8, 4) is 0 Å². The molecule has 3 heteroatoms. The smallest absolute Gasteiger partial charge is 0.0822 e. The second-order valence-corrected chi connectivity index (χ2v) is 6.55. The molecule has 0 amide bonds. The van der Waals surface area contributed by atoms with Crippen molar-refractivity contribution in [3.05, 3.63) is 30.3 Å². The summed E-state index contributed by atoms with van der Waals surface area (Å²) in [6.45, 7) is 0. The highest BCUT2D eigenvalue weighted by Gasteiger charge is 2.58. The molecule has 1 aromatic carbocycles. The van der Waals surface area contributed by atoms with Gasteiger partial charge in [0.1, 0.15) is 0 Å². The maximum atomic E-state index is 12.3. The van der Waals surface area contributed by atoms with Gasteiger partial charge in [-0.1, -0.05) is 24.6 Å². The minimum Gasteiger partial charge on any atom is -0.388 e. The van der Waals surface area contributed by atoms with Crippen LogP contribution in [0.1, 0.15) is 25.7 Å². The maximum Gasteiger partial charge on any atom is 0.0822 e. The summed E-state index contributed by atoms with van der Waals surface area (Å²) in [4.78, 5) is 0.853.